The number of halogens is 3. The van der Waals surface area contributed by atoms with Gasteiger partial charge in [0.15, 0.2) is 11.5 Å². The average molecular weight is 260 g/mol. The van der Waals surface area contributed by atoms with E-state index in [-0.39, 0.29) is 0 Å². The third-order valence-electron chi connectivity index (χ3n) is 3.17. The van der Waals surface area contributed by atoms with E-state index in [9.17, 15) is 13.2 Å². The molecule has 0 aliphatic carbocycles. The summed E-state index contributed by atoms with van der Waals surface area (Å²) >= 11 is 0. The van der Waals surface area contributed by atoms with Crippen molar-refractivity contribution in [3.05, 3.63) is 17.8 Å². The Bertz CT molecular complexity index is 382. The monoisotopic (exact) mass is 260 g/mol. The van der Waals surface area contributed by atoms with Gasteiger partial charge in [0.05, 0.1) is 0 Å². The quantitative estimate of drug-likeness (QED) is 0.878. The molecule has 0 aromatic carbocycles. The fourth-order valence-electron chi connectivity index (χ4n) is 2.04. The van der Waals surface area contributed by atoms with Crippen LogP contribution in [0.15, 0.2) is 12.1 Å². The van der Waals surface area contributed by atoms with Crippen LogP contribution in [0, 0.1) is 0 Å². The van der Waals surface area contributed by atoms with E-state index in [4.69, 9.17) is 0 Å². The Hall–Kier alpha value is -1.37. The SMILES string of the molecule is CNC1CCN(c2ccc(C(F)(F)F)nn2)CC1. The molecule has 0 unspecified atom stereocenters. The van der Waals surface area contributed by atoms with Crippen LogP contribution in [0.25, 0.3) is 0 Å². The van der Waals surface area contributed by atoms with Crippen molar-refractivity contribution in [2.75, 3.05) is 25.0 Å². The molecule has 0 saturated carbocycles. The summed E-state index contributed by atoms with van der Waals surface area (Å²) in [5.74, 6) is 0.512. The van der Waals surface area contributed by atoms with Gasteiger partial charge in [0.25, 0.3) is 0 Å². The molecule has 1 saturated heterocycles. The second kappa shape index (κ2) is 5.09. The first-order valence-electron chi connectivity index (χ1n) is 5.84. The molecule has 100 valence electrons. The molecular weight excluding hydrogens is 245 g/mol. The van der Waals surface area contributed by atoms with Gasteiger partial charge < -0.3 is 10.2 Å². The first kappa shape index (κ1) is 13.1. The molecule has 2 heterocycles. The van der Waals surface area contributed by atoms with Crippen LogP contribution in [-0.4, -0.2) is 36.4 Å². The van der Waals surface area contributed by atoms with Crippen molar-refractivity contribution in [2.24, 2.45) is 0 Å². The minimum absolute atomic E-state index is 0.476. The van der Waals surface area contributed by atoms with Gasteiger partial charge in [-0.3, -0.25) is 0 Å². The zero-order valence-corrected chi connectivity index (χ0v) is 10.0. The molecule has 2 rings (SSSR count). The summed E-state index contributed by atoms with van der Waals surface area (Å²) in [6, 6.07) is 2.84. The number of hydrogen-bond donors (Lipinski definition) is 1. The lowest BCUT2D eigenvalue weighted by Crippen LogP contribution is -2.41. The first-order valence-corrected chi connectivity index (χ1v) is 5.84. The Balaban J connectivity index is 2.02. The van der Waals surface area contributed by atoms with E-state index in [0.29, 0.717) is 11.9 Å². The number of piperidine rings is 1. The van der Waals surface area contributed by atoms with Crippen LogP contribution in [0.2, 0.25) is 0 Å². The van der Waals surface area contributed by atoms with Crippen LogP contribution in [0.3, 0.4) is 0 Å². The molecule has 1 fully saturated rings. The number of hydrogen-bond acceptors (Lipinski definition) is 4. The zero-order valence-electron chi connectivity index (χ0n) is 10.0. The predicted molar refractivity (Wildman–Crippen MR) is 61.3 cm³/mol. The predicted octanol–water partition coefficient (Wildman–Crippen LogP) is 1.68. The van der Waals surface area contributed by atoms with Crippen LogP contribution < -0.4 is 10.2 Å². The van der Waals surface area contributed by atoms with E-state index in [2.05, 4.69) is 15.5 Å². The van der Waals surface area contributed by atoms with Crippen molar-refractivity contribution in [3.8, 4) is 0 Å². The third kappa shape index (κ3) is 2.90. The fraction of sp³-hybridized carbons (Fsp3) is 0.636. The highest BCUT2D eigenvalue weighted by Gasteiger charge is 2.33. The molecule has 0 spiro atoms. The second-order valence-corrected chi connectivity index (χ2v) is 4.32. The molecule has 1 aromatic rings. The molecule has 1 aromatic heterocycles. The van der Waals surface area contributed by atoms with Gasteiger partial charge in [-0.25, -0.2) is 0 Å². The van der Waals surface area contributed by atoms with E-state index < -0.39 is 11.9 Å². The van der Waals surface area contributed by atoms with Gasteiger partial charge in [-0.05, 0) is 32.0 Å². The van der Waals surface area contributed by atoms with Crippen LogP contribution in [0.5, 0.6) is 0 Å². The summed E-state index contributed by atoms with van der Waals surface area (Å²) in [5, 5.41) is 10.1. The largest absolute Gasteiger partial charge is 0.435 e. The van der Waals surface area contributed by atoms with E-state index in [1.807, 2.05) is 11.9 Å². The van der Waals surface area contributed by atoms with Crippen molar-refractivity contribution >= 4 is 5.82 Å². The van der Waals surface area contributed by atoms with Gasteiger partial charge >= 0.3 is 6.18 Å². The number of anilines is 1. The molecule has 0 amide bonds. The molecule has 1 aliphatic heterocycles. The molecule has 1 aliphatic rings. The van der Waals surface area contributed by atoms with Crippen molar-refractivity contribution in [2.45, 2.75) is 25.1 Å². The topological polar surface area (TPSA) is 41.0 Å². The molecule has 0 bridgehead atoms. The van der Waals surface area contributed by atoms with Gasteiger partial charge in [-0.15, -0.1) is 10.2 Å². The molecule has 4 nitrogen and oxygen atoms in total. The van der Waals surface area contributed by atoms with Gasteiger partial charge in [-0.2, -0.15) is 13.2 Å². The Morgan fingerprint density at radius 3 is 2.33 bits per heavy atom. The summed E-state index contributed by atoms with van der Waals surface area (Å²) in [4.78, 5) is 1.96. The number of rotatable bonds is 2. The summed E-state index contributed by atoms with van der Waals surface area (Å²) < 4.78 is 37.0. The standard InChI is InChI=1S/C11H15F3N4/c1-15-8-4-6-18(7-5-8)10-3-2-9(16-17-10)11(12,13)14/h2-3,8,15H,4-7H2,1H3. The van der Waals surface area contributed by atoms with Gasteiger partial charge in [-0.1, -0.05) is 0 Å². The maximum absolute atomic E-state index is 12.3. The van der Waals surface area contributed by atoms with Crippen LogP contribution in [0.4, 0.5) is 19.0 Å². The normalized spacial score (nSPS) is 18.1. The number of nitrogens with zero attached hydrogens (tertiary/aromatic N) is 3. The van der Waals surface area contributed by atoms with Crippen LogP contribution in [-0.2, 0) is 6.18 Å². The van der Waals surface area contributed by atoms with Crippen molar-refractivity contribution in [3.63, 3.8) is 0 Å². The maximum Gasteiger partial charge on any atom is 0.435 e. The summed E-state index contributed by atoms with van der Waals surface area (Å²) in [5.41, 5.74) is -0.948. The fourth-order valence-corrected chi connectivity index (χ4v) is 2.04. The summed E-state index contributed by atoms with van der Waals surface area (Å²) in [6.45, 7) is 1.57. The molecule has 0 radical (unpaired) electrons. The molecule has 18 heavy (non-hydrogen) atoms. The van der Waals surface area contributed by atoms with E-state index in [0.717, 1.165) is 32.0 Å². The second-order valence-electron chi connectivity index (χ2n) is 4.32. The van der Waals surface area contributed by atoms with Gasteiger partial charge in [0.1, 0.15) is 0 Å². The van der Waals surface area contributed by atoms with Crippen LogP contribution in [0.1, 0.15) is 18.5 Å². The summed E-state index contributed by atoms with van der Waals surface area (Å²) in [7, 11) is 1.91. The van der Waals surface area contributed by atoms with E-state index in [1.165, 1.54) is 6.07 Å². The minimum Gasteiger partial charge on any atom is -0.355 e. The van der Waals surface area contributed by atoms with Crippen molar-refractivity contribution in [1.29, 1.82) is 0 Å². The van der Waals surface area contributed by atoms with Crippen LogP contribution >= 0.6 is 0 Å². The minimum atomic E-state index is -4.43. The molecular formula is C11H15F3N4. The highest BCUT2D eigenvalue weighted by molar-refractivity contribution is 5.38. The molecule has 0 atom stereocenters. The Labute approximate surface area is 103 Å². The Morgan fingerprint density at radius 1 is 1.22 bits per heavy atom. The lowest BCUT2D eigenvalue weighted by atomic mass is 10.1. The first-order chi connectivity index (χ1) is 8.50. The third-order valence-corrected chi connectivity index (χ3v) is 3.17. The summed E-state index contributed by atoms with van der Waals surface area (Å²) in [6.07, 6.45) is -2.51. The number of alkyl halides is 3. The van der Waals surface area contributed by atoms with E-state index in [1.54, 1.807) is 0 Å². The average Bonchev–Trinajstić information content (AvgIpc) is 2.38. The van der Waals surface area contributed by atoms with Gasteiger partial charge in [0, 0.05) is 19.1 Å². The smallest absolute Gasteiger partial charge is 0.355 e. The van der Waals surface area contributed by atoms with E-state index >= 15 is 0 Å². The van der Waals surface area contributed by atoms with Crippen molar-refractivity contribution in [1.82, 2.24) is 15.5 Å². The zero-order chi connectivity index (χ0) is 13.2. The Morgan fingerprint density at radius 2 is 1.89 bits per heavy atom. The maximum atomic E-state index is 12.3. The molecule has 7 heteroatoms. The Kier molecular flexibility index (Phi) is 3.70. The number of nitrogens with one attached hydrogen (secondary N) is 1. The highest BCUT2D eigenvalue weighted by atomic mass is 19.4. The van der Waals surface area contributed by atoms with Crippen molar-refractivity contribution < 1.29 is 13.2 Å². The lowest BCUT2D eigenvalue weighted by Gasteiger charge is -2.32. The molecule has 1 N–H and O–H groups in total. The highest BCUT2D eigenvalue weighted by Crippen LogP contribution is 2.27. The number of aromatic nitrogens is 2. The lowest BCUT2D eigenvalue weighted by molar-refractivity contribution is -0.141. The van der Waals surface area contributed by atoms with Gasteiger partial charge in [0.2, 0.25) is 0 Å².